The number of aliphatic hydroxyl groups is 1. The van der Waals surface area contributed by atoms with Gasteiger partial charge in [0.1, 0.15) is 24.1 Å². The lowest BCUT2D eigenvalue weighted by atomic mass is 9.89. The van der Waals surface area contributed by atoms with E-state index in [0.29, 0.717) is 50.1 Å². The molecule has 5 atom stereocenters. The summed E-state index contributed by atoms with van der Waals surface area (Å²) < 4.78 is 33.6. The first-order valence-corrected chi connectivity index (χ1v) is 21.4. The van der Waals surface area contributed by atoms with Gasteiger partial charge in [0.25, 0.3) is 0 Å². The molecule has 0 bridgehead atoms. The maximum Gasteiger partial charge on any atom is 0.168 e. The molecule has 1 unspecified atom stereocenters. The predicted octanol–water partition coefficient (Wildman–Crippen LogP) is 11.0. The summed E-state index contributed by atoms with van der Waals surface area (Å²) in [7, 11) is 1.66. The van der Waals surface area contributed by atoms with E-state index in [9.17, 15) is 5.11 Å². The molecule has 1 aliphatic heterocycles. The second-order valence-electron chi connectivity index (χ2n) is 15.6. The van der Waals surface area contributed by atoms with Crippen LogP contribution in [-0.4, -0.2) is 42.4 Å². The monoisotopic (exact) mass is 808 g/mol. The Labute approximate surface area is 354 Å². The normalized spacial score (nSPS) is 20.4. The molecule has 7 rings (SSSR count). The Morgan fingerprint density at radius 1 is 0.593 bits per heavy atom. The van der Waals surface area contributed by atoms with Crippen molar-refractivity contribution in [1.82, 2.24) is 0 Å². The summed E-state index contributed by atoms with van der Waals surface area (Å²) in [5.74, 6) is 1.03. The Morgan fingerprint density at radius 2 is 1.08 bits per heavy atom. The molecule has 1 N–H and O–H groups in total. The van der Waals surface area contributed by atoms with Gasteiger partial charge in [-0.15, -0.1) is 11.8 Å². The maximum absolute atomic E-state index is 13.7. The maximum atomic E-state index is 13.7. The number of thioether (sulfide) groups is 1. The Morgan fingerprint density at radius 3 is 1.59 bits per heavy atom. The molecule has 1 fully saturated rings. The Kier molecular flexibility index (Phi) is 14.7. The van der Waals surface area contributed by atoms with Crippen LogP contribution in [0.2, 0.25) is 0 Å². The van der Waals surface area contributed by atoms with E-state index in [1.165, 1.54) is 22.9 Å². The van der Waals surface area contributed by atoms with E-state index < -0.39 is 23.2 Å². The number of hydrogen-bond acceptors (Lipinski definition) is 7. The van der Waals surface area contributed by atoms with Crippen molar-refractivity contribution in [2.45, 2.75) is 88.0 Å². The van der Waals surface area contributed by atoms with E-state index in [1.807, 2.05) is 103 Å². The summed E-state index contributed by atoms with van der Waals surface area (Å²) in [5.41, 5.74) is 9.40. The first-order valence-electron chi connectivity index (χ1n) is 20.6. The molecular formula is C52H56O6S. The number of benzene rings is 6. The standard InChI is InChI=1S/C52H56O6S/c1-37(2)44-27-25-39(26-28-44)30-45-31-46(47(54-4)29-38(45)3)52(53)51(58-35-43-23-15-8-16-24-43)50(57-34-42-21-13-7-14-22-42)49(56-33-41-19-11-6-12-20-41)48(59-52)36-55-32-40-17-9-5-10-18-40/h5-29,31,37,48-51,53H,30,32-36H2,1-4H3/t48-,49-,50+,51-,52?/m1/s1. The van der Waals surface area contributed by atoms with Crippen molar-refractivity contribution in [1.29, 1.82) is 0 Å². The van der Waals surface area contributed by atoms with Gasteiger partial charge in [-0.1, -0.05) is 159 Å². The topological polar surface area (TPSA) is 66.4 Å². The highest BCUT2D eigenvalue weighted by Gasteiger charge is 2.57. The van der Waals surface area contributed by atoms with Gasteiger partial charge in [-0.2, -0.15) is 0 Å². The number of ether oxygens (including phenoxy) is 5. The van der Waals surface area contributed by atoms with E-state index in [-0.39, 0.29) is 11.9 Å². The fourth-order valence-electron chi connectivity index (χ4n) is 7.68. The summed E-state index contributed by atoms with van der Waals surface area (Å²) in [6.07, 6.45) is -1.46. The van der Waals surface area contributed by atoms with Gasteiger partial charge in [0.05, 0.1) is 45.4 Å². The van der Waals surface area contributed by atoms with E-state index in [4.69, 9.17) is 23.7 Å². The highest BCUT2D eigenvalue weighted by molar-refractivity contribution is 8.00. The van der Waals surface area contributed by atoms with Crippen LogP contribution in [-0.2, 0) is 56.7 Å². The Balaban J connectivity index is 1.32. The molecule has 6 aromatic rings. The molecule has 0 aliphatic carbocycles. The second-order valence-corrected chi connectivity index (χ2v) is 17.1. The third kappa shape index (κ3) is 10.9. The van der Waals surface area contributed by atoms with Crippen LogP contribution in [0.25, 0.3) is 0 Å². The van der Waals surface area contributed by atoms with Gasteiger partial charge in [-0.3, -0.25) is 0 Å². The first-order chi connectivity index (χ1) is 28.8. The zero-order valence-corrected chi connectivity index (χ0v) is 35.4. The average molecular weight is 809 g/mol. The fraction of sp³-hybridized carbons (Fsp3) is 0.308. The minimum Gasteiger partial charge on any atom is -0.496 e. The summed E-state index contributed by atoms with van der Waals surface area (Å²) in [6, 6.07) is 53.5. The van der Waals surface area contributed by atoms with Crippen LogP contribution in [0.15, 0.2) is 158 Å². The lowest BCUT2D eigenvalue weighted by Gasteiger charge is -2.50. The SMILES string of the molecule is COc1cc(C)c(Cc2ccc(C(C)C)cc2)cc1C1(O)S[C@H](COCc2ccccc2)[C@@H](OCc2ccccc2)[C@H](OCc2ccccc2)[C@H]1OCc1ccccc1. The summed E-state index contributed by atoms with van der Waals surface area (Å²) in [6.45, 7) is 8.13. The average Bonchev–Trinajstić information content (AvgIpc) is 3.27. The van der Waals surface area contributed by atoms with E-state index in [2.05, 4.69) is 75.4 Å². The minimum absolute atomic E-state index is 0.253. The number of aryl methyl sites for hydroxylation is 1. The van der Waals surface area contributed by atoms with Crippen LogP contribution in [0.4, 0.5) is 0 Å². The third-order valence-corrected chi connectivity index (χ3v) is 12.5. The van der Waals surface area contributed by atoms with Crippen LogP contribution < -0.4 is 4.74 Å². The van der Waals surface area contributed by atoms with Crippen molar-refractivity contribution in [2.75, 3.05) is 13.7 Å². The van der Waals surface area contributed by atoms with Gasteiger partial charge in [-0.25, -0.2) is 0 Å². The van der Waals surface area contributed by atoms with Gasteiger partial charge >= 0.3 is 0 Å². The molecule has 1 saturated heterocycles. The van der Waals surface area contributed by atoms with Gasteiger partial charge in [0.2, 0.25) is 0 Å². The molecule has 0 radical (unpaired) electrons. The number of methoxy groups -OCH3 is 1. The van der Waals surface area contributed by atoms with E-state index in [0.717, 1.165) is 33.4 Å². The van der Waals surface area contributed by atoms with Crippen LogP contribution in [0.5, 0.6) is 5.75 Å². The number of hydrogen-bond donors (Lipinski definition) is 1. The van der Waals surface area contributed by atoms with Crippen molar-refractivity contribution in [2.24, 2.45) is 0 Å². The van der Waals surface area contributed by atoms with Crippen molar-refractivity contribution in [3.8, 4) is 5.75 Å². The molecular weight excluding hydrogens is 753 g/mol. The lowest BCUT2D eigenvalue weighted by molar-refractivity contribution is -0.199. The third-order valence-electron chi connectivity index (χ3n) is 11.0. The van der Waals surface area contributed by atoms with E-state index in [1.54, 1.807) is 7.11 Å². The smallest absolute Gasteiger partial charge is 0.168 e. The molecule has 7 heteroatoms. The lowest BCUT2D eigenvalue weighted by Crippen LogP contribution is -2.61. The minimum atomic E-state index is -1.65. The van der Waals surface area contributed by atoms with Gasteiger partial charge in [0, 0.05) is 5.56 Å². The van der Waals surface area contributed by atoms with Crippen LogP contribution in [0.3, 0.4) is 0 Å². The molecule has 306 valence electrons. The summed E-state index contributed by atoms with van der Waals surface area (Å²) >= 11 is 1.41. The second kappa shape index (κ2) is 20.5. The van der Waals surface area contributed by atoms with Crippen LogP contribution in [0, 0.1) is 6.92 Å². The van der Waals surface area contributed by atoms with E-state index >= 15 is 0 Å². The van der Waals surface area contributed by atoms with Crippen molar-refractivity contribution >= 4 is 11.8 Å². The van der Waals surface area contributed by atoms with Gasteiger partial charge in [0.15, 0.2) is 4.93 Å². The van der Waals surface area contributed by atoms with Crippen molar-refractivity contribution in [3.05, 3.63) is 208 Å². The molecule has 59 heavy (non-hydrogen) atoms. The Bertz CT molecular complexity index is 2160. The molecule has 1 aliphatic rings. The fourth-order valence-corrected chi connectivity index (χ4v) is 9.29. The van der Waals surface area contributed by atoms with Crippen LogP contribution in [0.1, 0.15) is 69.8 Å². The molecule has 0 saturated carbocycles. The van der Waals surface area contributed by atoms with Crippen LogP contribution >= 0.6 is 11.8 Å². The summed E-state index contributed by atoms with van der Waals surface area (Å²) in [4.78, 5) is -1.65. The largest absolute Gasteiger partial charge is 0.496 e. The predicted molar refractivity (Wildman–Crippen MR) is 237 cm³/mol. The molecule has 0 spiro atoms. The van der Waals surface area contributed by atoms with Crippen molar-refractivity contribution < 1.29 is 28.8 Å². The molecule has 0 aromatic heterocycles. The molecule has 6 nitrogen and oxygen atoms in total. The van der Waals surface area contributed by atoms with Gasteiger partial charge in [-0.05, 0) is 75.9 Å². The highest BCUT2D eigenvalue weighted by atomic mass is 32.2. The highest BCUT2D eigenvalue weighted by Crippen LogP contribution is 2.53. The zero-order valence-electron chi connectivity index (χ0n) is 34.5. The molecule has 6 aromatic carbocycles. The number of rotatable bonds is 18. The summed E-state index contributed by atoms with van der Waals surface area (Å²) in [5, 5.41) is 13.3. The first kappa shape index (κ1) is 42.4. The van der Waals surface area contributed by atoms with Gasteiger partial charge < -0.3 is 28.8 Å². The molecule has 0 amide bonds. The quantitative estimate of drug-likeness (QED) is 0.0927. The Hall–Kier alpha value is -4.73. The van der Waals surface area contributed by atoms with Crippen molar-refractivity contribution in [3.63, 3.8) is 0 Å². The zero-order chi connectivity index (χ0) is 41.0. The molecule has 1 heterocycles.